The van der Waals surface area contributed by atoms with Crippen LogP contribution in [0.15, 0.2) is 43.6 Å². The van der Waals surface area contributed by atoms with Crippen molar-refractivity contribution >= 4 is 5.91 Å². The van der Waals surface area contributed by atoms with E-state index in [0.29, 0.717) is 13.1 Å². The van der Waals surface area contributed by atoms with Crippen molar-refractivity contribution in [2.24, 2.45) is 0 Å². The summed E-state index contributed by atoms with van der Waals surface area (Å²) < 4.78 is 12.8. The van der Waals surface area contributed by atoms with E-state index in [2.05, 4.69) is 18.1 Å². The number of amides is 1. The van der Waals surface area contributed by atoms with Crippen LogP contribution in [-0.2, 0) is 0 Å². The van der Waals surface area contributed by atoms with E-state index in [4.69, 9.17) is 0 Å². The van der Waals surface area contributed by atoms with E-state index in [1.54, 1.807) is 12.2 Å². The summed E-state index contributed by atoms with van der Waals surface area (Å²) in [7, 11) is 0. The van der Waals surface area contributed by atoms with Gasteiger partial charge in [0.25, 0.3) is 5.91 Å². The van der Waals surface area contributed by atoms with Crippen LogP contribution in [0.25, 0.3) is 0 Å². The number of hydrogen-bond acceptors (Lipinski definition) is 2. The van der Waals surface area contributed by atoms with Crippen LogP contribution in [0.4, 0.5) is 4.39 Å². The molecule has 0 radical (unpaired) electrons. The predicted molar refractivity (Wildman–Crippen MR) is 60.5 cm³/mol. The molecule has 0 aromatic carbocycles. The molecule has 84 valence electrons. The lowest BCUT2D eigenvalue weighted by Gasteiger charge is -2.19. The molecular formula is C12H13FN2O. The molecule has 0 fully saturated rings. The van der Waals surface area contributed by atoms with E-state index >= 15 is 0 Å². The lowest BCUT2D eigenvalue weighted by atomic mass is 10.2. The molecule has 1 aromatic heterocycles. The molecule has 4 heteroatoms. The summed E-state index contributed by atoms with van der Waals surface area (Å²) in [5.41, 5.74) is 0.274. The molecule has 1 rings (SSSR count). The summed E-state index contributed by atoms with van der Waals surface area (Å²) in [6.45, 7) is 7.92. The number of rotatable bonds is 5. The maximum atomic E-state index is 12.8. The van der Waals surface area contributed by atoms with Crippen LogP contribution >= 0.6 is 0 Å². The van der Waals surface area contributed by atoms with Gasteiger partial charge in [0.05, 0.1) is 0 Å². The SMILES string of the molecule is C=CCN(CC=C)C(=O)c1ccnc(F)c1. The summed E-state index contributed by atoms with van der Waals surface area (Å²) in [6.07, 6.45) is 4.49. The fourth-order valence-electron chi connectivity index (χ4n) is 1.27. The summed E-state index contributed by atoms with van der Waals surface area (Å²) in [5, 5.41) is 0. The minimum absolute atomic E-state index is 0.263. The average molecular weight is 220 g/mol. The average Bonchev–Trinajstić information content (AvgIpc) is 2.28. The third kappa shape index (κ3) is 3.02. The molecular weight excluding hydrogens is 207 g/mol. The molecule has 3 nitrogen and oxygen atoms in total. The van der Waals surface area contributed by atoms with Gasteiger partial charge >= 0.3 is 0 Å². The second-order valence-corrected chi connectivity index (χ2v) is 3.15. The standard InChI is InChI=1S/C12H13FN2O/c1-3-7-15(8-4-2)12(16)10-5-6-14-11(13)9-10/h3-6,9H,1-2,7-8H2. The number of nitrogens with zero attached hydrogens (tertiary/aromatic N) is 2. The molecule has 0 aliphatic heterocycles. The van der Waals surface area contributed by atoms with E-state index in [0.717, 1.165) is 6.07 Å². The second kappa shape index (κ2) is 5.80. The number of carbonyl (C=O) groups is 1. The van der Waals surface area contributed by atoms with Crippen LogP contribution in [0.5, 0.6) is 0 Å². The molecule has 16 heavy (non-hydrogen) atoms. The van der Waals surface area contributed by atoms with Crippen molar-refractivity contribution < 1.29 is 9.18 Å². The van der Waals surface area contributed by atoms with Crippen molar-refractivity contribution in [3.63, 3.8) is 0 Å². The largest absolute Gasteiger partial charge is 0.331 e. The Balaban J connectivity index is 2.89. The number of pyridine rings is 1. The van der Waals surface area contributed by atoms with Gasteiger partial charge in [-0.2, -0.15) is 4.39 Å². The molecule has 0 saturated heterocycles. The van der Waals surface area contributed by atoms with Crippen LogP contribution < -0.4 is 0 Å². The first-order valence-corrected chi connectivity index (χ1v) is 4.81. The highest BCUT2D eigenvalue weighted by Gasteiger charge is 2.13. The summed E-state index contributed by atoms with van der Waals surface area (Å²) in [4.78, 5) is 16.8. The molecule has 1 amide bonds. The Kier molecular flexibility index (Phi) is 4.39. The number of hydrogen-bond donors (Lipinski definition) is 0. The fourth-order valence-corrected chi connectivity index (χ4v) is 1.27. The maximum Gasteiger partial charge on any atom is 0.254 e. The smallest absolute Gasteiger partial charge is 0.254 e. The lowest BCUT2D eigenvalue weighted by molar-refractivity contribution is 0.0790. The fraction of sp³-hybridized carbons (Fsp3) is 0.167. The Labute approximate surface area is 93.9 Å². The highest BCUT2D eigenvalue weighted by molar-refractivity contribution is 5.94. The molecule has 0 aliphatic carbocycles. The molecule has 0 bridgehead atoms. The predicted octanol–water partition coefficient (Wildman–Crippen LogP) is 2.03. The highest BCUT2D eigenvalue weighted by Crippen LogP contribution is 2.05. The van der Waals surface area contributed by atoms with Crippen LogP contribution in [0.1, 0.15) is 10.4 Å². The van der Waals surface area contributed by atoms with Crippen molar-refractivity contribution in [1.82, 2.24) is 9.88 Å². The van der Waals surface area contributed by atoms with Gasteiger partial charge in [-0.1, -0.05) is 12.2 Å². The van der Waals surface area contributed by atoms with Gasteiger partial charge in [0.2, 0.25) is 5.95 Å². The van der Waals surface area contributed by atoms with Crippen molar-refractivity contribution in [3.05, 3.63) is 55.2 Å². The Bertz CT molecular complexity index is 394. The van der Waals surface area contributed by atoms with Gasteiger partial charge in [-0.25, -0.2) is 4.98 Å². The van der Waals surface area contributed by atoms with Gasteiger partial charge in [0.15, 0.2) is 0 Å². The Morgan fingerprint density at radius 3 is 2.56 bits per heavy atom. The van der Waals surface area contributed by atoms with E-state index in [-0.39, 0.29) is 11.5 Å². The first-order valence-electron chi connectivity index (χ1n) is 4.81. The van der Waals surface area contributed by atoms with Crippen molar-refractivity contribution in [3.8, 4) is 0 Å². The Hall–Kier alpha value is -1.97. The molecule has 0 unspecified atom stereocenters. The van der Waals surface area contributed by atoms with Gasteiger partial charge in [0.1, 0.15) is 0 Å². The zero-order valence-electron chi connectivity index (χ0n) is 8.90. The minimum Gasteiger partial charge on any atom is -0.331 e. The van der Waals surface area contributed by atoms with Gasteiger partial charge in [-0.05, 0) is 6.07 Å². The van der Waals surface area contributed by atoms with Crippen molar-refractivity contribution in [2.75, 3.05) is 13.1 Å². The maximum absolute atomic E-state index is 12.8. The summed E-state index contributed by atoms with van der Waals surface area (Å²) in [6, 6.07) is 2.59. The molecule has 0 aliphatic rings. The molecule has 0 atom stereocenters. The number of halogens is 1. The van der Waals surface area contributed by atoms with Crippen LogP contribution in [0.2, 0.25) is 0 Å². The highest BCUT2D eigenvalue weighted by atomic mass is 19.1. The number of carbonyl (C=O) groups excluding carboxylic acids is 1. The molecule has 0 saturated carbocycles. The van der Waals surface area contributed by atoms with E-state index in [1.807, 2.05) is 0 Å². The topological polar surface area (TPSA) is 33.2 Å². The second-order valence-electron chi connectivity index (χ2n) is 3.15. The summed E-state index contributed by atoms with van der Waals surface area (Å²) in [5.74, 6) is -0.927. The van der Waals surface area contributed by atoms with Gasteiger partial charge < -0.3 is 4.90 Å². The number of aromatic nitrogens is 1. The third-order valence-electron chi connectivity index (χ3n) is 1.96. The van der Waals surface area contributed by atoms with Gasteiger partial charge in [-0.3, -0.25) is 4.79 Å². The molecule has 1 heterocycles. The zero-order valence-corrected chi connectivity index (χ0v) is 8.90. The van der Waals surface area contributed by atoms with E-state index < -0.39 is 5.95 Å². The van der Waals surface area contributed by atoms with Crippen LogP contribution in [0.3, 0.4) is 0 Å². The van der Waals surface area contributed by atoms with Crippen LogP contribution in [-0.4, -0.2) is 28.9 Å². The monoisotopic (exact) mass is 220 g/mol. The molecule has 0 spiro atoms. The van der Waals surface area contributed by atoms with Gasteiger partial charge in [-0.15, -0.1) is 13.2 Å². The lowest BCUT2D eigenvalue weighted by Crippen LogP contribution is -2.31. The van der Waals surface area contributed by atoms with E-state index in [9.17, 15) is 9.18 Å². The van der Waals surface area contributed by atoms with Gasteiger partial charge in [0, 0.05) is 30.9 Å². The van der Waals surface area contributed by atoms with Crippen molar-refractivity contribution in [1.29, 1.82) is 0 Å². The Morgan fingerprint density at radius 1 is 1.44 bits per heavy atom. The van der Waals surface area contributed by atoms with Crippen LogP contribution in [0, 0.1) is 5.95 Å². The first-order chi connectivity index (χ1) is 7.69. The minimum atomic E-state index is -0.664. The van der Waals surface area contributed by atoms with Crippen molar-refractivity contribution in [2.45, 2.75) is 0 Å². The zero-order chi connectivity index (χ0) is 12.0. The Morgan fingerprint density at radius 2 is 2.06 bits per heavy atom. The third-order valence-corrected chi connectivity index (χ3v) is 1.96. The van der Waals surface area contributed by atoms with E-state index in [1.165, 1.54) is 17.2 Å². The quantitative estimate of drug-likeness (QED) is 0.562. The summed E-state index contributed by atoms with van der Waals surface area (Å²) >= 11 is 0. The first kappa shape index (κ1) is 12.1. The molecule has 1 aromatic rings. The molecule has 0 N–H and O–H groups in total. The normalized spacial score (nSPS) is 9.56.